The number of hydrogen-bond donors (Lipinski definition) is 1. The van der Waals surface area contributed by atoms with Gasteiger partial charge in [0.2, 0.25) is 5.91 Å². The van der Waals surface area contributed by atoms with Crippen LogP contribution in [0.15, 0.2) is 24.3 Å². The molecule has 0 bridgehead atoms. The third-order valence-corrected chi connectivity index (χ3v) is 4.65. The molecule has 0 atom stereocenters. The molecule has 0 aliphatic heterocycles. The average Bonchev–Trinajstić information content (AvgIpc) is 2.44. The second-order valence-electron chi connectivity index (χ2n) is 6.22. The molecule has 1 aliphatic carbocycles. The van der Waals surface area contributed by atoms with E-state index in [0.29, 0.717) is 13.1 Å². The van der Waals surface area contributed by atoms with Gasteiger partial charge in [0.05, 0.1) is 5.41 Å². The fourth-order valence-electron chi connectivity index (χ4n) is 2.89. The number of rotatable bonds is 6. The first-order valence-corrected chi connectivity index (χ1v) is 7.78. The lowest BCUT2D eigenvalue weighted by atomic mass is 9.68. The van der Waals surface area contributed by atoms with E-state index in [4.69, 9.17) is 5.73 Å². The summed E-state index contributed by atoms with van der Waals surface area (Å²) < 4.78 is 0. The maximum atomic E-state index is 12.7. The van der Waals surface area contributed by atoms with E-state index in [-0.39, 0.29) is 11.3 Å². The molecule has 1 saturated carbocycles. The van der Waals surface area contributed by atoms with E-state index in [1.54, 1.807) is 0 Å². The van der Waals surface area contributed by atoms with E-state index in [2.05, 4.69) is 29.2 Å². The molecule has 4 heteroatoms. The zero-order chi connectivity index (χ0) is 15.5. The maximum Gasteiger partial charge on any atom is 0.230 e. The number of benzene rings is 1. The van der Waals surface area contributed by atoms with Crippen molar-refractivity contribution in [3.63, 3.8) is 0 Å². The number of nitrogens with two attached hydrogens (primary N) is 1. The summed E-state index contributed by atoms with van der Waals surface area (Å²) in [5.41, 5.74) is 7.92. The van der Waals surface area contributed by atoms with Crippen molar-refractivity contribution in [1.29, 1.82) is 0 Å². The van der Waals surface area contributed by atoms with Crippen molar-refractivity contribution in [2.24, 2.45) is 11.1 Å². The highest BCUT2D eigenvalue weighted by Crippen LogP contribution is 2.41. The van der Waals surface area contributed by atoms with E-state index in [9.17, 15) is 4.79 Å². The Hall–Kier alpha value is -1.55. The lowest BCUT2D eigenvalue weighted by molar-refractivity contribution is -0.147. The molecule has 21 heavy (non-hydrogen) atoms. The first-order valence-electron chi connectivity index (χ1n) is 7.78. The van der Waals surface area contributed by atoms with Gasteiger partial charge in [-0.15, -0.1) is 0 Å². The Balaban J connectivity index is 2.06. The molecular weight excluding hydrogens is 262 g/mol. The fourth-order valence-corrected chi connectivity index (χ4v) is 2.89. The SMILES string of the molecule is CCN(Cc1ccc(N(C)C)cc1)C(=O)C1(CN)CCC1. The van der Waals surface area contributed by atoms with Crippen LogP contribution < -0.4 is 10.6 Å². The minimum absolute atomic E-state index is 0.232. The van der Waals surface area contributed by atoms with Gasteiger partial charge in [-0.1, -0.05) is 18.6 Å². The predicted octanol–water partition coefficient (Wildman–Crippen LogP) is 2.23. The molecule has 0 radical (unpaired) electrons. The standard InChI is InChI=1S/C17H27N3O/c1-4-20(16(21)17(13-18)10-5-11-17)12-14-6-8-15(9-7-14)19(2)3/h6-9H,4-5,10-13,18H2,1-3H3. The lowest BCUT2D eigenvalue weighted by Gasteiger charge is -2.42. The fraction of sp³-hybridized carbons (Fsp3) is 0.588. The highest BCUT2D eigenvalue weighted by molar-refractivity contribution is 5.84. The number of carbonyl (C=O) groups is 1. The first-order chi connectivity index (χ1) is 10.0. The molecule has 1 amide bonds. The van der Waals surface area contributed by atoms with Crippen LogP contribution in [0.25, 0.3) is 0 Å². The monoisotopic (exact) mass is 289 g/mol. The molecule has 4 nitrogen and oxygen atoms in total. The number of amides is 1. The zero-order valence-electron chi connectivity index (χ0n) is 13.4. The van der Waals surface area contributed by atoms with Crippen LogP contribution in [0.4, 0.5) is 5.69 Å². The van der Waals surface area contributed by atoms with Crippen molar-refractivity contribution in [3.05, 3.63) is 29.8 Å². The van der Waals surface area contributed by atoms with Gasteiger partial charge in [-0.3, -0.25) is 4.79 Å². The van der Waals surface area contributed by atoms with E-state index >= 15 is 0 Å². The number of carbonyl (C=O) groups excluding carboxylic acids is 1. The van der Waals surface area contributed by atoms with Crippen LogP contribution in [0, 0.1) is 5.41 Å². The van der Waals surface area contributed by atoms with Gasteiger partial charge in [-0.2, -0.15) is 0 Å². The maximum absolute atomic E-state index is 12.7. The Morgan fingerprint density at radius 1 is 1.24 bits per heavy atom. The van der Waals surface area contributed by atoms with Crippen LogP contribution in [0.1, 0.15) is 31.7 Å². The van der Waals surface area contributed by atoms with Crippen molar-refractivity contribution in [1.82, 2.24) is 4.90 Å². The summed E-state index contributed by atoms with van der Waals surface area (Å²) in [6, 6.07) is 8.38. The molecule has 1 fully saturated rings. The van der Waals surface area contributed by atoms with Gasteiger partial charge in [-0.05, 0) is 37.5 Å². The van der Waals surface area contributed by atoms with Crippen LogP contribution in [-0.2, 0) is 11.3 Å². The van der Waals surface area contributed by atoms with Crippen molar-refractivity contribution in [2.45, 2.75) is 32.7 Å². The molecule has 0 saturated heterocycles. The van der Waals surface area contributed by atoms with Crippen molar-refractivity contribution in [3.8, 4) is 0 Å². The molecule has 1 aromatic rings. The molecule has 2 rings (SSSR count). The molecule has 1 aliphatic rings. The number of anilines is 1. The summed E-state index contributed by atoms with van der Waals surface area (Å²) in [4.78, 5) is 16.7. The van der Waals surface area contributed by atoms with E-state index < -0.39 is 0 Å². The second kappa shape index (κ2) is 6.48. The van der Waals surface area contributed by atoms with Gasteiger partial charge in [0.15, 0.2) is 0 Å². The van der Waals surface area contributed by atoms with Crippen LogP contribution in [0.3, 0.4) is 0 Å². The van der Waals surface area contributed by atoms with Gasteiger partial charge in [-0.25, -0.2) is 0 Å². The highest BCUT2D eigenvalue weighted by Gasteiger charge is 2.44. The highest BCUT2D eigenvalue weighted by atomic mass is 16.2. The summed E-state index contributed by atoms with van der Waals surface area (Å²) in [7, 11) is 4.05. The van der Waals surface area contributed by atoms with E-state index in [1.165, 1.54) is 11.3 Å². The van der Waals surface area contributed by atoms with Gasteiger partial charge in [0, 0.05) is 39.4 Å². The van der Waals surface area contributed by atoms with E-state index in [1.807, 2.05) is 25.9 Å². The third-order valence-electron chi connectivity index (χ3n) is 4.65. The molecule has 0 unspecified atom stereocenters. The Kier molecular flexibility index (Phi) is 4.88. The summed E-state index contributed by atoms with van der Waals surface area (Å²) in [6.07, 6.45) is 3.01. The molecule has 2 N–H and O–H groups in total. The molecule has 0 spiro atoms. The van der Waals surface area contributed by atoms with Crippen molar-refractivity contribution < 1.29 is 4.79 Å². The van der Waals surface area contributed by atoms with E-state index in [0.717, 1.165) is 25.8 Å². The summed E-state index contributed by atoms with van der Waals surface area (Å²) >= 11 is 0. The van der Waals surface area contributed by atoms with Crippen LogP contribution in [-0.4, -0.2) is 38.0 Å². The van der Waals surface area contributed by atoms with Crippen molar-refractivity contribution >= 4 is 11.6 Å². The quantitative estimate of drug-likeness (QED) is 0.873. The Labute approximate surface area is 127 Å². The summed E-state index contributed by atoms with van der Waals surface area (Å²) in [5, 5.41) is 0. The lowest BCUT2D eigenvalue weighted by Crippen LogP contribution is -2.51. The normalized spacial score (nSPS) is 16.2. The molecule has 0 heterocycles. The number of nitrogens with zero attached hydrogens (tertiary/aromatic N) is 2. The minimum atomic E-state index is -0.278. The Morgan fingerprint density at radius 3 is 2.24 bits per heavy atom. The van der Waals surface area contributed by atoms with Crippen LogP contribution in [0.2, 0.25) is 0 Å². The smallest absolute Gasteiger partial charge is 0.230 e. The largest absolute Gasteiger partial charge is 0.378 e. The van der Waals surface area contributed by atoms with Gasteiger partial charge in [0.1, 0.15) is 0 Å². The van der Waals surface area contributed by atoms with Gasteiger partial charge in [0.25, 0.3) is 0 Å². The van der Waals surface area contributed by atoms with Crippen LogP contribution in [0.5, 0.6) is 0 Å². The Bertz CT molecular complexity index is 472. The van der Waals surface area contributed by atoms with Gasteiger partial charge < -0.3 is 15.5 Å². The average molecular weight is 289 g/mol. The summed E-state index contributed by atoms with van der Waals surface area (Å²) in [6.45, 7) is 3.91. The third kappa shape index (κ3) is 3.21. The molecule has 0 aromatic heterocycles. The first kappa shape index (κ1) is 15.8. The molecular formula is C17H27N3O. The minimum Gasteiger partial charge on any atom is -0.378 e. The topological polar surface area (TPSA) is 49.6 Å². The molecule has 1 aromatic carbocycles. The van der Waals surface area contributed by atoms with Crippen LogP contribution >= 0.6 is 0 Å². The number of hydrogen-bond acceptors (Lipinski definition) is 3. The van der Waals surface area contributed by atoms with Gasteiger partial charge >= 0.3 is 0 Å². The predicted molar refractivity (Wildman–Crippen MR) is 87.2 cm³/mol. The Morgan fingerprint density at radius 2 is 1.86 bits per heavy atom. The summed E-state index contributed by atoms with van der Waals surface area (Å²) in [5.74, 6) is 0.232. The second-order valence-corrected chi connectivity index (χ2v) is 6.22. The zero-order valence-corrected chi connectivity index (χ0v) is 13.4. The molecule has 116 valence electrons. The van der Waals surface area contributed by atoms with Crippen molar-refractivity contribution in [2.75, 3.05) is 32.1 Å².